The Balaban J connectivity index is 0.00000212. The minimum absolute atomic E-state index is 0.232. The van der Waals surface area contributed by atoms with Crippen LogP contribution in [-0.4, -0.2) is 0 Å². The van der Waals surface area contributed by atoms with Crippen molar-refractivity contribution in [3.63, 3.8) is 0 Å². The van der Waals surface area contributed by atoms with Crippen LogP contribution in [0.4, 0.5) is 0 Å². The average molecular weight is 425 g/mol. The summed E-state index contributed by atoms with van der Waals surface area (Å²) >= 11 is 0. The van der Waals surface area contributed by atoms with E-state index in [-0.39, 0.29) is 5.41 Å². The van der Waals surface area contributed by atoms with Gasteiger partial charge in [0.1, 0.15) is 12.4 Å². The van der Waals surface area contributed by atoms with Gasteiger partial charge >= 0.3 is 0 Å². The van der Waals surface area contributed by atoms with Crippen LogP contribution in [0.3, 0.4) is 0 Å². The van der Waals surface area contributed by atoms with Crippen LogP contribution in [0.1, 0.15) is 104 Å². The summed E-state index contributed by atoms with van der Waals surface area (Å²) < 4.78 is 6.06. The van der Waals surface area contributed by atoms with Gasteiger partial charge in [0.15, 0.2) is 0 Å². The fraction of sp³-hybridized carbons (Fsp3) is 0.533. The molecule has 0 aliphatic heterocycles. The summed E-state index contributed by atoms with van der Waals surface area (Å²) in [5, 5.41) is 0. The van der Waals surface area contributed by atoms with E-state index >= 15 is 0 Å². The van der Waals surface area contributed by atoms with E-state index in [9.17, 15) is 0 Å². The fourth-order valence-corrected chi connectivity index (χ4v) is 3.65. The molecule has 0 N–H and O–H groups in total. The van der Waals surface area contributed by atoms with Crippen molar-refractivity contribution in [1.29, 1.82) is 0 Å². The molecule has 1 unspecified atom stereocenters. The van der Waals surface area contributed by atoms with Crippen molar-refractivity contribution in [3.05, 3.63) is 71.3 Å². The fourth-order valence-electron chi connectivity index (χ4n) is 3.65. The molecule has 0 bridgehead atoms. The van der Waals surface area contributed by atoms with E-state index in [2.05, 4.69) is 97.5 Å². The second kappa shape index (κ2) is 13.4. The molecule has 0 aliphatic rings. The summed E-state index contributed by atoms with van der Waals surface area (Å²) in [6.07, 6.45) is 3.08. The Morgan fingerprint density at radius 3 is 1.87 bits per heavy atom. The van der Waals surface area contributed by atoms with Gasteiger partial charge in [0.25, 0.3) is 0 Å². The highest BCUT2D eigenvalue weighted by Crippen LogP contribution is 2.43. The number of hydrogen-bond donors (Lipinski definition) is 0. The van der Waals surface area contributed by atoms with Crippen molar-refractivity contribution in [1.82, 2.24) is 0 Å². The molecule has 0 amide bonds. The highest BCUT2D eigenvalue weighted by Gasteiger charge is 2.30. The summed E-state index contributed by atoms with van der Waals surface area (Å²) in [5.41, 5.74) is 5.51. The molecule has 0 aliphatic carbocycles. The molecule has 0 saturated heterocycles. The predicted molar refractivity (Wildman–Crippen MR) is 141 cm³/mol. The van der Waals surface area contributed by atoms with Crippen molar-refractivity contribution in [3.8, 4) is 5.75 Å². The predicted octanol–water partition coefficient (Wildman–Crippen LogP) is 9.84. The molecule has 1 heteroatoms. The van der Waals surface area contributed by atoms with Gasteiger partial charge in [-0.3, -0.25) is 0 Å². The third-order valence-electron chi connectivity index (χ3n) is 5.16. The molecule has 1 atom stereocenters. The largest absolute Gasteiger partial charge is 0.489 e. The summed E-state index contributed by atoms with van der Waals surface area (Å²) in [4.78, 5) is 0. The van der Waals surface area contributed by atoms with Crippen molar-refractivity contribution in [2.24, 2.45) is 10.8 Å². The van der Waals surface area contributed by atoms with Gasteiger partial charge in [-0.25, -0.2) is 0 Å². The molecular formula is C30H48O. The van der Waals surface area contributed by atoms with Crippen molar-refractivity contribution < 1.29 is 4.74 Å². The van der Waals surface area contributed by atoms with E-state index in [1.165, 1.54) is 28.7 Å². The second-order valence-corrected chi connectivity index (χ2v) is 9.89. The summed E-state index contributed by atoms with van der Waals surface area (Å²) in [7, 11) is 0. The number of aryl methyl sites for hydroxylation is 1. The number of benzene rings is 2. The number of ether oxygens (including phenoxy) is 1. The SMILES string of the molecule is C=Cc1c(C)cccc1COc1ccc(C(CC(C)(C)C)C(C)(C)C)cc1.CC.CC. The zero-order chi connectivity index (χ0) is 24.2. The Morgan fingerprint density at radius 2 is 1.42 bits per heavy atom. The smallest absolute Gasteiger partial charge is 0.119 e. The van der Waals surface area contributed by atoms with E-state index in [1.54, 1.807) is 0 Å². The molecule has 2 rings (SSSR count). The van der Waals surface area contributed by atoms with Gasteiger partial charge in [0.2, 0.25) is 0 Å². The van der Waals surface area contributed by atoms with E-state index < -0.39 is 0 Å². The minimum Gasteiger partial charge on any atom is -0.489 e. The topological polar surface area (TPSA) is 9.23 Å². The first-order valence-electron chi connectivity index (χ1n) is 11.9. The maximum Gasteiger partial charge on any atom is 0.119 e. The molecule has 0 radical (unpaired) electrons. The third kappa shape index (κ3) is 9.76. The van der Waals surface area contributed by atoms with Crippen LogP contribution in [0.15, 0.2) is 49.0 Å². The van der Waals surface area contributed by atoms with Crippen LogP contribution in [0, 0.1) is 17.8 Å². The highest BCUT2D eigenvalue weighted by molar-refractivity contribution is 5.56. The molecule has 0 fully saturated rings. The van der Waals surface area contributed by atoms with Gasteiger partial charge in [-0.2, -0.15) is 0 Å². The van der Waals surface area contributed by atoms with E-state index in [4.69, 9.17) is 4.74 Å². The van der Waals surface area contributed by atoms with Crippen LogP contribution in [0.25, 0.3) is 6.08 Å². The molecule has 0 aromatic heterocycles. The lowest BCUT2D eigenvalue weighted by Crippen LogP contribution is -2.23. The van der Waals surface area contributed by atoms with E-state index in [1.807, 2.05) is 33.8 Å². The lowest BCUT2D eigenvalue weighted by Gasteiger charge is -2.36. The van der Waals surface area contributed by atoms with Crippen LogP contribution in [0.5, 0.6) is 5.75 Å². The van der Waals surface area contributed by atoms with Gasteiger partial charge in [-0.05, 0) is 64.5 Å². The van der Waals surface area contributed by atoms with Gasteiger partial charge < -0.3 is 4.74 Å². The maximum atomic E-state index is 6.06. The standard InChI is InChI=1S/C26H36O.2C2H6/c1-9-23-19(2)11-10-12-21(23)18-27-22-15-13-20(14-16-22)24(26(6,7)8)17-25(3,4)5;2*1-2/h9-16,24H,1,17-18H2,2-8H3;2*1-2H3. The molecule has 0 spiro atoms. The molecule has 1 nitrogen and oxygen atoms in total. The Kier molecular flexibility index (Phi) is 12.5. The normalized spacial score (nSPS) is 12.0. The Labute approximate surface area is 193 Å². The monoisotopic (exact) mass is 424 g/mol. The molecule has 174 valence electrons. The zero-order valence-electron chi connectivity index (χ0n) is 22.2. The molecule has 0 heterocycles. The summed E-state index contributed by atoms with van der Waals surface area (Å²) in [5.74, 6) is 1.44. The van der Waals surface area contributed by atoms with Crippen molar-refractivity contribution >= 4 is 6.08 Å². The summed E-state index contributed by atoms with van der Waals surface area (Å²) in [6, 6.07) is 15.0. The van der Waals surface area contributed by atoms with Crippen LogP contribution < -0.4 is 4.74 Å². The van der Waals surface area contributed by atoms with Crippen molar-refractivity contribution in [2.75, 3.05) is 0 Å². The molecule has 2 aromatic carbocycles. The number of rotatable bonds is 6. The Morgan fingerprint density at radius 1 is 0.871 bits per heavy atom. The first-order valence-corrected chi connectivity index (χ1v) is 11.9. The van der Waals surface area contributed by atoms with Crippen LogP contribution in [-0.2, 0) is 6.61 Å². The van der Waals surface area contributed by atoms with Gasteiger partial charge in [0, 0.05) is 0 Å². The lowest BCUT2D eigenvalue weighted by molar-refractivity contribution is 0.229. The second-order valence-electron chi connectivity index (χ2n) is 9.89. The minimum atomic E-state index is 0.232. The average Bonchev–Trinajstić information content (AvgIpc) is 2.72. The third-order valence-corrected chi connectivity index (χ3v) is 5.16. The first-order chi connectivity index (χ1) is 14.5. The van der Waals surface area contributed by atoms with Crippen LogP contribution in [0.2, 0.25) is 0 Å². The zero-order valence-corrected chi connectivity index (χ0v) is 22.2. The summed E-state index contributed by atoms with van der Waals surface area (Å²) in [6.45, 7) is 28.6. The van der Waals surface area contributed by atoms with Crippen molar-refractivity contribution in [2.45, 2.75) is 95.1 Å². The Hall–Kier alpha value is -2.02. The van der Waals surface area contributed by atoms with E-state index in [0.717, 1.165) is 5.75 Å². The molecule has 0 saturated carbocycles. The molecule has 2 aromatic rings. The molecule has 31 heavy (non-hydrogen) atoms. The highest BCUT2D eigenvalue weighted by atomic mass is 16.5. The van der Waals surface area contributed by atoms with Gasteiger partial charge in [-0.1, -0.05) is 112 Å². The van der Waals surface area contributed by atoms with Crippen LogP contribution >= 0.6 is 0 Å². The molecular weight excluding hydrogens is 376 g/mol. The lowest BCUT2D eigenvalue weighted by atomic mass is 9.69. The Bertz CT molecular complexity index is 754. The number of hydrogen-bond acceptors (Lipinski definition) is 1. The first kappa shape index (κ1) is 29.0. The van der Waals surface area contributed by atoms with Gasteiger partial charge in [0.05, 0.1) is 0 Å². The van der Waals surface area contributed by atoms with Gasteiger partial charge in [-0.15, -0.1) is 0 Å². The quantitative estimate of drug-likeness (QED) is 0.448. The maximum absolute atomic E-state index is 6.06. The van der Waals surface area contributed by atoms with E-state index in [0.29, 0.717) is 17.9 Å².